The zero-order valence-electron chi connectivity index (χ0n) is 13.4. The molecule has 3 heterocycles. The van der Waals surface area contributed by atoms with Gasteiger partial charge in [-0.25, -0.2) is 4.98 Å². The van der Waals surface area contributed by atoms with Crippen molar-refractivity contribution in [1.29, 1.82) is 0 Å². The molecule has 7 heteroatoms. The Labute approximate surface area is 148 Å². The van der Waals surface area contributed by atoms with Crippen molar-refractivity contribution >= 4 is 11.3 Å². The molecule has 1 aliphatic rings. The van der Waals surface area contributed by atoms with Crippen LogP contribution < -0.4 is 5.56 Å². The highest BCUT2D eigenvalue weighted by atomic mass is 32.1. The molecule has 0 bridgehead atoms. The van der Waals surface area contributed by atoms with Crippen LogP contribution in [-0.2, 0) is 19.5 Å². The lowest BCUT2D eigenvalue weighted by molar-refractivity contribution is 0.240. The van der Waals surface area contributed by atoms with Gasteiger partial charge >= 0.3 is 0 Å². The van der Waals surface area contributed by atoms with Gasteiger partial charge in [-0.2, -0.15) is 0 Å². The van der Waals surface area contributed by atoms with E-state index in [1.165, 1.54) is 6.07 Å². The Morgan fingerprint density at radius 3 is 2.76 bits per heavy atom. The monoisotopic (exact) mass is 355 g/mol. The highest BCUT2D eigenvalue weighted by Crippen LogP contribution is 2.25. The highest BCUT2D eigenvalue weighted by molar-refractivity contribution is 7.13. The number of hydrogen-bond acceptors (Lipinski definition) is 6. The van der Waals surface area contributed by atoms with Gasteiger partial charge in [-0.3, -0.25) is 9.69 Å². The Balaban J connectivity index is 1.61. The summed E-state index contributed by atoms with van der Waals surface area (Å²) in [6.45, 7) is 1.87. The van der Waals surface area contributed by atoms with Crippen LogP contribution in [0.25, 0.3) is 10.7 Å². The normalized spacial score (nSPS) is 14.4. The summed E-state index contributed by atoms with van der Waals surface area (Å²) in [5, 5.41) is 21.2. The minimum Gasteiger partial charge on any atom is -0.508 e. The Bertz CT molecular complexity index is 946. The Hall–Kier alpha value is -2.64. The van der Waals surface area contributed by atoms with Crippen LogP contribution in [0.4, 0.5) is 0 Å². The number of rotatable bonds is 3. The van der Waals surface area contributed by atoms with E-state index < -0.39 is 0 Å². The molecule has 0 amide bonds. The van der Waals surface area contributed by atoms with Crippen LogP contribution in [0.1, 0.15) is 16.8 Å². The second kappa shape index (κ2) is 6.34. The fraction of sp³-hybridized carbons (Fsp3) is 0.222. The largest absolute Gasteiger partial charge is 0.508 e. The minimum atomic E-state index is -0.0666. The van der Waals surface area contributed by atoms with Crippen molar-refractivity contribution in [2.75, 3.05) is 6.54 Å². The van der Waals surface area contributed by atoms with E-state index in [9.17, 15) is 15.0 Å². The minimum absolute atomic E-state index is 0.0435. The summed E-state index contributed by atoms with van der Waals surface area (Å²) < 4.78 is 0. The summed E-state index contributed by atoms with van der Waals surface area (Å²) >= 11 is 1.54. The van der Waals surface area contributed by atoms with Crippen molar-refractivity contribution in [2.45, 2.75) is 19.5 Å². The number of fused-ring (bicyclic) bond motifs is 1. The van der Waals surface area contributed by atoms with Crippen LogP contribution in [0, 0.1) is 0 Å². The molecule has 0 fully saturated rings. The third kappa shape index (κ3) is 3.29. The number of thiophene rings is 1. The average molecular weight is 355 g/mol. The van der Waals surface area contributed by atoms with E-state index in [0.29, 0.717) is 25.3 Å². The Morgan fingerprint density at radius 2 is 2.04 bits per heavy atom. The van der Waals surface area contributed by atoms with Gasteiger partial charge in [0.1, 0.15) is 11.5 Å². The van der Waals surface area contributed by atoms with E-state index in [4.69, 9.17) is 0 Å². The predicted molar refractivity (Wildman–Crippen MR) is 95.8 cm³/mol. The molecule has 0 saturated carbocycles. The number of aromatic hydroxyl groups is 2. The van der Waals surface area contributed by atoms with Crippen LogP contribution >= 0.6 is 11.3 Å². The number of phenols is 2. The maximum absolute atomic E-state index is 12.4. The van der Waals surface area contributed by atoms with Crippen LogP contribution in [0.3, 0.4) is 0 Å². The summed E-state index contributed by atoms with van der Waals surface area (Å²) in [7, 11) is 0. The summed E-state index contributed by atoms with van der Waals surface area (Å²) in [4.78, 5) is 23.0. The van der Waals surface area contributed by atoms with Gasteiger partial charge in [0, 0.05) is 31.3 Å². The molecule has 0 aliphatic carbocycles. The first kappa shape index (κ1) is 15.9. The maximum Gasteiger partial charge on any atom is 0.254 e. The van der Waals surface area contributed by atoms with E-state index in [2.05, 4.69) is 14.9 Å². The first-order chi connectivity index (χ1) is 12.1. The molecule has 0 saturated heterocycles. The summed E-state index contributed by atoms with van der Waals surface area (Å²) in [6.07, 6.45) is 0.632. The van der Waals surface area contributed by atoms with E-state index in [1.54, 1.807) is 23.5 Å². The van der Waals surface area contributed by atoms with Crippen molar-refractivity contribution in [3.63, 3.8) is 0 Å². The number of nitrogens with zero attached hydrogens (tertiary/aromatic N) is 2. The van der Waals surface area contributed by atoms with Crippen molar-refractivity contribution in [1.82, 2.24) is 14.9 Å². The van der Waals surface area contributed by atoms with Gasteiger partial charge in [0.05, 0.1) is 10.6 Å². The van der Waals surface area contributed by atoms with Crippen LogP contribution in [-0.4, -0.2) is 31.6 Å². The number of phenolic OH excluding ortho intramolecular Hbond substituents is 2. The van der Waals surface area contributed by atoms with Gasteiger partial charge in [-0.05, 0) is 35.6 Å². The van der Waals surface area contributed by atoms with Gasteiger partial charge in [0.15, 0.2) is 5.82 Å². The van der Waals surface area contributed by atoms with Crippen molar-refractivity contribution in [2.24, 2.45) is 0 Å². The summed E-state index contributed by atoms with van der Waals surface area (Å²) in [5.41, 5.74) is 2.30. The predicted octanol–water partition coefficient (Wildman–Crippen LogP) is 2.47. The Morgan fingerprint density at radius 1 is 1.24 bits per heavy atom. The lowest BCUT2D eigenvalue weighted by atomic mass is 10.1. The molecule has 1 aromatic carbocycles. The van der Waals surface area contributed by atoms with Crippen molar-refractivity contribution in [3.8, 4) is 22.2 Å². The SMILES string of the molecule is O=c1[nH]c(-c2cccs2)nc2c1CCN(Cc1cc(O)cc(O)c1)C2. The fourth-order valence-corrected chi connectivity index (χ4v) is 3.83. The summed E-state index contributed by atoms with van der Waals surface area (Å²) in [5.74, 6) is 0.694. The molecule has 0 radical (unpaired) electrons. The second-order valence-corrected chi connectivity index (χ2v) is 7.08. The molecule has 25 heavy (non-hydrogen) atoms. The van der Waals surface area contributed by atoms with E-state index in [1.807, 2.05) is 17.5 Å². The first-order valence-corrected chi connectivity index (χ1v) is 8.86. The number of benzene rings is 1. The molecule has 128 valence electrons. The zero-order chi connectivity index (χ0) is 17.4. The number of aromatic nitrogens is 2. The molecule has 2 aromatic heterocycles. The molecule has 3 aromatic rings. The molecular weight excluding hydrogens is 338 g/mol. The number of H-pyrrole nitrogens is 1. The van der Waals surface area contributed by atoms with Crippen LogP contribution in [0.2, 0.25) is 0 Å². The van der Waals surface area contributed by atoms with Gasteiger partial charge in [0.25, 0.3) is 5.56 Å². The lowest BCUT2D eigenvalue weighted by Gasteiger charge is -2.27. The fourth-order valence-electron chi connectivity index (χ4n) is 3.16. The molecule has 4 rings (SSSR count). The zero-order valence-corrected chi connectivity index (χ0v) is 14.2. The summed E-state index contributed by atoms with van der Waals surface area (Å²) in [6, 6.07) is 8.45. The third-order valence-corrected chi connectivity index (χ3v) is 5.15. The van der Waals surface area contributed by atoms with Gasteiger partial charge in [0.2, 0.25) is 0 Å². The quantitative estimate of drug-likeness (QED) is 0.672. The molecule has 6 nitrogen and oxygen atoms in total. The van der Waals surface area contributed by atoms with E-state index in [-0.39, 0.29) is 17.1 Å². The molecule has 3 N–H and O–H groups in total. The number of nitrogens with one attached hydrogen (secondary N) is 1. The van der Waals surface area contributed by atoms with Crippen LogP contribution in [0.5, 0.6) is 11.5 Å². The molecular formula is C18H17N3O3S. The average Bonchev–Trinajstić information content (AvgIpc) is 3.08. The van der Waals surface area contributed by atoms with Gasteiger partial charge < -0.3 is 15.2 Å². The molecule has 1 aliphatic heterocycles. The molecule has 0 atom stereocenters. The number of aromatic amines is 1. The topological polar surface area (TPSA) is 89.5 Å². The van der Waals surface area contributed by atoms with Crippen molar-refractivity contribution < 1.29 is 10.2 Å². The third-order valence-electron chi connectivity index (χ3n) is 4.28. The maximum atomic E-state index is 12.4. The van der Waals surface area contributed by atoms with Gasteiger partial charge in [-0.1, -0.05) is 6.07 Å². The standard InChI is InChI=1S/C18H17N3O3S/c22-12-6-11(7-13(23)8-12)9-21-4-3-14-15(10-21)19-17(20-18(14)24)16-2-1-5-25-16/h1-2,5-8,22-23H,3-4,9-10H2,(H,19,20,24). The first-order valence-electron chi connectivity index (χ1n) is 7.99. The lowest BCUT2D eigenvalue weighted by Crippen LogP contribution is -2.35. The van der Waals surface area contributed by atoms with E-state index >= 15 is 0 Å². The molecule has 0 spiro atoms. The smallest absolute Gasteiger partial charge is 0.254 e. The second-order valence-electron chi connectivity index (χ2n) is 6.14. The van der Waals surface area contributed by atoms with Crippen LogP contribution in [0.15, 0.2) is 40.5 Å². The van der Waals surface area contributed by atoms with Gasteiger partial charge in [-0.15, -0.1) is 11.3 Å². The number of hydrogen-bond donors (Lipinski definition) is 3. The Kier molecular flexibility index (Phi) is 4.03. The highest BCUT2D eigenvalue weighted by Gasteiger charge is 2.22. The molecule has 0 unspecified atom stereocenters. The van der Waals surface area contributed by atoms with Crippen molar-refractivity contribution in [3.05, 3.63) is 62.9 Å². The van der Waals surface area contributed by atoms with E-state index in [0.717, 1.165) is 28.2 Å².